The number of hydrogen-bond acceptors (Lipinski definition) is 1. The SMILES string of the molecule is Brc1cscc1-c1cc2ccccc2[nH]1. The average molecular weight is 278 g/mol. The van der Waals surface area contributed by atoms with Gasteiger partial charge in [-0.3, -0.25) is 0 Å². The smallest absolute Gasteiger partial charge is 0.0484 e. The van der Waals surface area contributed by atoms with Gasteiger partial charge in [-0.15, -0.1) is 0 Å². The molecule has 0 aliphatic heterocycles. The first-order valence-electron chi connectivity index (χ1n) is 4.64. The number of benzene rings is 1. The molecule has 0 spiro atoms. The third-order valence-electron chi connectivity index (χ3n) is 2.43. The molecule has 0 atom stereocenters. The van der Waals surface area contributed by atoms with Crippen molar-refractivity contribution in [2.24, 2.45) is 0 Å². The molecular formula is C12H8BrNS. The van der Waals surface area contributed by atoms with Crippen LogP contribution in [-0.2, 0) is 0 Å². The summed E-state index contributed by atoms with van der Waals surface area (Å²) >= 11 is 5.25. The second-order valence-corrected chi connectivity index (χ2v) is 5.00. The number of aromatic nitrogens is 1. The first-order valence-corrected chi connectivity index (χ1v) is 6.38. The molecule has 0 unspecified atom stereocenters. The number of rotatable bonds is 1. The summed E-state index contributed by atoms with van der Waals surface area (Å²) in [4.78, 5) is 3.42. The Kier molecular flexibility index (Phi) is 2.15. The molecular weight excluding hydrogens is 270 g/mol. The topological polar surface area (TPSA) is 15.8 Å². The molecule has 2 aromatic heterocycles. The van der Waals surface area contributed by atoms with Crippen LogP contribution in [0.4, 0.5) is 0 Å². The van der Waals surface area contributed by atoms with Crippen LogP contribution in [0.15, 0.2) is 45.6 Å². The van der Waals surface area contributed by atoms with Crippen molar-refractivity contribution in [2.45, 2.75) is 0 Å². The number of halogens is 1. The van der Waals surface area contributed by atoms with Crippen molar-refractivity contribution in [2.75, 3.05) is 0 Å². The molecule has 1 aromatic carbocycles. The molecule has 0 bridgehead atoms. The highest BCUT2D eigenvalue weighted by atomic mass is 79.9. The molecule has 74 valence electrons. The molecule has 0 fully saturated rings. The summed E-state index contributed by atoms with van der Waals surface area (Å²) in [5, 5.41) is 5.50. The highest BCUT2D eigenvalue weighted by Crippen LogP contribution is 2.32. The lowest BCUT2D eigenvalue weighted by molar-refractivity contribution is 1.46. The van der Waals surface area contributed by atoms with Gasteiger partial charge in [0.2, 0.25) is 0 Å². The maximum absolute atomic E-state index is 3.55. The predicted molar refractivity (Wildman–Crippen MR) is 69.3 cm³/mol. The second kappa shape index (κ2) is 3.51. The molecule has 0 aliphatic rings. The van der Waals surface area contributed by atoms with Crippen LogP contribution in [0.3, 0.4) is 0 Å². The quantitative estimate of drug-likeness (QED) is 0.666. The Hall–Kier alpha value is -1.06. The van der Waals surface area contributed by atoms with Crippen molar-refractivity contribution in [3.8, 4) is 11.3 Å². The fourth-order valence-electron chi connectivity index (χ4n) is 1.69. The number of H-pyrrole nitrogens is 1. The summed E-state index contributed by atoms with van der Waals surface area (Å²) in [7, 11) is 0. The van der Waals surface area contributed by atoms with Crippen LogP contribution >= 0.6 is 27.3 Å². The van der Waals surface area contributed by atoms with E-state index in [4.69, 9.17) is 0 Å². The van der Waals surface area contributed by atoms with Crippen LogP contribution in [-0.4, -0.2) is 4.98 Å². The van der Waals surface area contributed by atoms with E-state index in [0.717, 1.165) is 4.47 Å². The zero-order chi connectivity index (χ0) is 10.3. The van der Waals surface area contributed by atoms with Crippen LogP contribution < -0.4 is 0 Å². The van der Waals surface area contributed by atoms with Gasteiger partial charge in [0, 0.05) is 37.4 Å². The van der Waals surface area contributed by atoms with Gasteiger partial charge >= 0.3 is 0 Å². The van der Waals surface area contributed by atoms with Gasteiger partial charge < -0.3 is 4.98 Å². The van der Waals surface area contributed by atoms with E-state index in [-0.39, 0.29) is 0 Å². The highest BCUT2D eigenvalue weighted by molar-refractivity contribution is 9.10. The second-order valence-electron chi connectivity index (χ2n) is 3.40. The van der Waals surface area contributed by atoms with Gasteiger partial charge in [0.05, 0.1) is 0 Å². The number of hydrogen-bond donors (Lipinski definition) is 1. The van der Waals surface area contributed by atoms with Crippen LogP contribution in [0, 0.1) is 0 Å². The average Bonchev–Trinajstić information content (AvgIpc) is 2.82. The molecule has 3 rings (SSSR count). The summed E-state index contributed by atoms with van der Waals surface area (Å²) in [5.74, 6) is 0. The summed E-state index contributed by atoms with van der Waals surface area (Å²) in [6.45, 7) is 0. The zero-order valence-electron chi connectivity index (χ0n) is 7.83. The van der Waals surface area contributed by atoms with Crippen LogP contribution in [0.2, 0.25) is 0 Å². The van der Waals surface area contributed by atoms with Gasteiger partial charge in [-0.25, -0.2) is 0 Å². The van der Waals surface area contributed by atoms with E-state index in [9.17, 15) is 0 Å². The minimum Gasteiger partial charge on any atom is -0.354 e. The lowest BCUT2D eigenvalue weighted by atomic mass is 10.2. The Morgan fingerprint density at radius 1 is 1.13 bits per heavy atom. The van der Waals surface area contributed by atoms with E-state index >= 15 is 0 Å². The maximum Gasteiger partial charge on any atom is 0.0484 e. The molecule has 0 amide bonds. The molecule has 0 saturated heterocycles. The van der Waals surface area contributed by atoms with E-state index in [1.54, 1.807) is 11.3 Å². The van der Waals surface area contributed by atoms with Crippen LogP contribution in [0.1, 0.15) is 0 Å². The first-order chi connectivity index (χ1) is 7.34. The van der Waals surface area contributed by atoms with Gasteiger partial charge in [-0.1, -0.05) is 18.2 Å². The summed E-state index contributed by atoms with van der Waals surface area (Å²) in [5.41, 5.74) is 3.59. The molecule has 15 heavy (non-hydrogen) atoms. The molecule has 3 heteroatoms. The third-order valence-corrected chi connectivity index (χ3v) is 4.14. The third kappa shape index (κ3) is 1.52. The summed E-state index contributed by atoms with van der Waals surface area (Å²) in [6, 6.07) is 10.5. The molecule has 1 N–H and O–H groups in total. The summed E-state index contributed by atoms with van der Waals surface area (Å²) < 4.78 is 1.15. The monoisotopic (exact) mass is 277 g/mol. The fourth-order valence-corrected chi connectivity index (χ4v) is 3.20. The predicted octanol–water partition coefficient (Wildman–Crippen LogP) is 4.66. The van der Waals surface area contributed by atoms with Gasteiger partial charge in [-0.05, 0) is 28.1 Å². The molecule has 2 heterocycles. The van der Waals surface area contributed by atoms with E-state index in [2.05, 4.69) is 55.9 Å². The number of nitrogens with one attached hydrogen (secondary N) is 1. The van der Waals surface area contributed by atoms with Crippen LogP contribution in [0.25, 0.3) is 22.2 Å². The minimum atomic E-state index is 1.15. The van der Waals surface area contributed by atoms with Crippen molar-refractivity contribution >= 4 is 38.2 Å². The number of aromatic amines is 1. The van der Waals surface area contributed by atoms with Crippen LogP contribution in [0.5, 0.6) is 0 Å². The highest BCUT2D eigenvalue weighted by Gasteiger charge is 2.06. The molecule has 0 saturated carbocycles. The van der Waals surface area contributed by atoms with E-state index in [1.165, 1.54) is 22.2 Å². The maximum atomic E-state index is 3.55. The Bertz CT molecular complexity index is 576. The Balaban J connectivity index is 2.24. The van der Waals surface area contributed by atoms with Crippen molar-refractivity contribution in [1.29, 1.82) is 0 Å². The number of thiophene rings is 1. The standard InChI is InChI=1S/C12H8BrNS/c13-10-7-15-6-9(10)12-5-8-3-1-2-4-11(8)14-12/h1-7,14H. The summed E-state index contributed by atoms with van der Waals surface area (Å²) in [6.07, 6.45) is 0. The largest absolute Gasteiger partial charge is 0.354 e. The first kappa shape index (κ1) is 9.19. The van der Waals surface area contributed by atoms with E-state index in [1.807, 2.05) is 6.07 Å². The molecule has 1 nitrogen and oxygen atoms in total. The van der Waals surface area contributed by atoms with Crippen molar-refractivity contribution in [3.05, 3.63) is 45.6 Å². The minimum absolute atomic E-state index is 1.15. The normalized spacial score (nSPS) is 11.0. The molecule has 0 radical (unpaired) electrons. The lowest BCUT2D eigenvalue weighted by Gasteiger charge is -1.92. The van der Waals surface area contributed by atoms with Gasteiger partial charge in [0.1, 0.15) is 0 Å². The lowest BCUT2D eigenvalue weighted by Crippen LogP contribution is -1.72. The van der Waals surface area contributed by atoms with Gasteiger partial charge in [0.25, 0.3) is 0 Å². The van der Waals surface area contributed by atoms with Crippen molar-refractivity contribution in [3.63, 3.8) is 0 Å². The molecule has 3 aromatic rings. The van der Waals surface area contributed by atoms with Gasteiger partial charge in [0.15, 0.2) is 0 Å². The zero-order valence-corrected chi connectivity index (χ0v) is 10.2. The van der Waals surface area contributed by atoms with Crippen molar-refractivity contribution < 1.29 is 0 Å². The Morgan fingerprint density at radius 2 is 2.00 bits per heavy atom. The number of para-hydroxylation sites is 1. The van der Waals surface area contributed by atoms with E-state index in [0.29, 0.717) is 0 Å². The van der Waals surface area contributed by atoms with E-state index < -0.39 is 0 Å². The molecule has 0 aliphatic carbocycles. The van der Waals surface area contributed by atoms with Crippen molar-refractivity contribution in [1.82, 2.24) is 4.98 Å². The Labute approximate surface area is 99.9 Å². The fraction of sp³-hybridized carbons (Fsp3) is 0. The van der Waals surface area contributed by atoms with Gasteiger partial charge in [-0.2, -0.15) is 11.3 Å². The number of fused-ring (bicyclic) bond motifs is 1. The Morgan fingerprint density at radius 3 is 2.73 bits per heavy atom.